The summed E-state index contributed by atoms with van der Waals surface area (Å²) in [6.45, 7) is 0.892. The van der Waals surface area contributed by atoms with Gasteiger partial charge in [0.05, 0.1) is 31.4 Å². The Hall–Kier alpha value is -2.44. The molecule has 0 radical (unpaired) electrons. The molecule has 8 heteroatoms. The molecule has 0 N–H and O–H groups in total. The molecular weight excluding hydrogens is 429 g/mol. The lowest BCUT2D eigenvalue weighted by Crippen LogP contribution is -2.35. The number of aldehydes is 1. The Morgan fingerprint density at radius 3 is 2.27 bits per heavy atom. The molecule has 3 rings (SSSR count). The predicted molar refractivity (Wildman–Crippen MR) is 115 cm³/mol. The summed E-state index contributed by atoms with van der Waals surface area (Å²) in [4.78, 5) is 26.5. The highest BCUT2D eigenvalue weighted by atomic mass is 35.5. The smallest absolute Gasteiger partial charge is 0.254 e. The van der Waals surface area contributed by atoms with Gasteiger partial charge in [0.1, 0.15) is 6.29 Å². The van der Waals surface area contributed by atoms with Gasteiger partial charge in [-0.1, -0.05) is 29.3 Å². The number of ether oxygens (including phenoxy) is 3. The zero-order valence-corrected chi connectivity index (χ0v) is 18.5. The van der Waals surface area contributed by atoms with Crippen LogP contribution in [-0.4, -0.2) is 51.5 Å². The zero-order chi connectivity index (χ0) is 21.9. The molecule has 0 saturated carbocycles. The third kappa shape index (κ3) is 4.07. The van der Waals surface area contributed by atoms with Crippen LogP contribution in [0.3, 0.4) is 0 Å². The molecule has 1 aliphatic heterocycles. The molecule has 1 fully saturated rings. The van der Waals surface area contributed by atoms with Gasteiger partial charge in [-0.15, -0.1) is 0 Å². The number of nitrogens with zero attached hydrogens (tertiary/aromatic N) is 1. The number of likely N-dealkylation sites (tertiary alicyclic amines) is 1. The van der Waals surface area contributed by atoms with E-state index in [1.165, 1.54) is 21.3 Å². The SMILES string of the molecule is COc1cc(C(=O)N2CCC(CC=O)(c3ccc(Cl)c(Cl)c3)C2)cc(OC)c1OC. The van der Waals surface area contributed by atoms with Crippen LogP contribution in [-0.2, 0) is 10.2 Å². The van der Waals surface area contributed by atoms with Crippen LogP contribution in [0.2, 0.25) is 10.0 Å². The average Bonchev–Trinajstić information content (AvgIpc) is 3.19. The Labute approximate surface area is 185 Å². The van der Waals surface area contributed by atoms with Gasteiger partial charge in [0.25, 0.3) is 5.91 Å². The van der Waals surface area contributed by atoms with Crippen LogP contribution < -0.4 is 14.2 Å². The summed E-state index contributed by atoms with van der Waals surface area (Å²) in [6.07, 6.45) is 1.81. The summed E-state index contributed by atoms with van der Waals surface area (Å²) in [5, 5.41) is 0.874. The molecule has 1 atom stereocenters. The first-order chi connectivity index (χ1) is 14.4. The molecule has 1 heterocycles. The number of amides is 1. The van der Waals surface area contributed by atoms with Gasteiger partial charge in [0.15, 0.2) is 11.5 Å². The second kappa shape index (κ2) is 9.14. The van der Waals surface area contributed by atoms with E-state index in [1.54, 1.807) is 29.2 Å². The summed E-state index contributed by atoms with van der Waals surface area (Å²) < 4.78 is 16.0. The molecule has 30 heavy (non-hydrogen) atoms. The molecule has 1 saturated heterocycles. The molecule has 1 aliphatic rings. The van der Waals surface area contributed by atoms with Gasteiger partial charge in [0, 0.05) is 30.5 Å². The third-order valence-electron chi connectivity index (χ3n) is 5.56. The maximum absolute atomic E-state index is 13.3. The van der Waals surface area contributed by atoms with Crippen molar-refractivity contribution in [2.45, 2.75) is 18.3 Å². The minimum atomic E-state index is -0.508. The number of carbonyl (C=O) groups excluding carboxylic acids is 2. The van der Waals surface area contributed by atoms with Gasteiger partial charge >= 0.3 is 0 Å². The lowest BCUT2D eigenvalue weighted by molar-refractivity contribution is -0.108. The third-order valence-corrected chi connectivity index (χ3v) is 6.30. The number of halogens is 2. The average molecular weight is 452 g/mol. The maximum Gasteiger partial charge on any atom is 0.254 e. The van der Waals surface area contributed by atoms with Crippen molar-refractivity contribution < 1.29 is 23.8 Å². The quantitative estimate of drug-likeness (QED) is 0.583. The van der Waals surface area contributed by atoms with E-state index >= 15 is 0 Å². The largest absolute Gasteiger partial charge is 0.493 e. The van der Waals surface area contributed by atoms with Crippen LogP contribution in [0, 0.1) is 0 Å². The molecule has 1 amide bonds. The van der Waals surface area contributed by atoms with E-state index in [0.717, 1.165) is 11.8 Å². The maximum atomic E-state index is 13.3. The van der Waals surface area contributed by atoms with Crippen molar-refractivity contribution in [1.29, 1.82) is 0 Å². The molecule has 0 aromatic heterocycles. The number of hydrogen-bond acceptors (Lipinski definition) is 5. The van der Waals surface area contributed by atoms with Crippen molar-refractivity contribution in [1.82, 2.24) is 4.90 Å². The minimum absolute atomic E-state index is 0.179. The van der Waals surface area contributed by atoms with Crippen molar-refractivity contribution in [2.75, 3.05) is 34.4 Å². The van der Waals surface area contributed by atoms with Crippen LogP contribution in [0.15, 0.2) is 30.3 Å². The lowest BCUT2D eigenvalue weighted by Gasteiger charge is -2.28. The molecule has 160 valence electrons. The molecule has 0 spiro atoms. The fourth-order valence-electron chi connectivity index (χ4n) is 3.94. The fraction of sp³-hybridized carbons (Fsp3) is 0.364. The van der Waals surface area contributed by atoms with E-state index in [2.05, 4.69) is 0 Å². The predicted octanol–water partition coefficient (Wildman–Crippen LogP) is 4.39. The number of benzene rings is 2. The second-order valence-corrected chi connectivity index (χ2v) is 7.99. The summed E-state index contributed by atoms with van der Waals surface area (Å²) in [7, 11) is 4.51. The highest BCUT2D eigenvalue weighted by molar-refractivity contribution is 6.42. The van der Waals surface area contributed by atoms with Gasteiger partial charge in [-0.25, -0.2) is 0 Å². The number of methoxy groups -OCH3 is 3. The Kier molecular flexibility index (Phi) is 6.78. The first kappa shape index (κ1) is 22.2. The zero-order valence-electron chi connectivity index (χ0n) is 17.0. The van der Waals surface area contributed by atoms with Crippen molar-refractivity contribution in [3.05, 3.63) is 51.5 Å². The number of hydrogen-bond donors (Lipinski definition) is 0. The number of carbonyl (C=O) groups is 2. The molecule has 0 bridgehead atoms. The van der Waals surface area contributed by atoms with Gasteiger partial charge in [-0.05, 0) is 36.2 Å². The fourth-order valence-corrected chi connectivity index (χ4v) is 4.24. The lowest BCUT2D eigenvalue weighted by atomic mass is 9.77. The minimum Gasteiger partial charge on any atom is -0.493 e. The van der Waals surface area contributed by atoms with Crippen LogP contribution in [0.25, 0.3) is 0 Å². The van der Waals surface area contributed by atoms with E-state index < -0.39 is 5.41 Å². The van der Waals surface area contributed by atoms with Crippen LogP contribution in [0.4, 0.5) is 0 Å². The summed E-state index contributed by atoms with van der Waals surface area (Å²) in [5.41, 5.74) is 0.802. The van der Waals surface area contributed by atoms with E-state index in [0.29, 0.717) is 52.4 Å². The van der Waals surface area contributed by atoms with Crippen molar-refractivity contribution >= 4 is 35.4 Å². The molecule has 2 aromatic rings. The summed E-state index contributed by atoms with van der Waals surface area (Å²) in [6, 6.07) is 8.62. The molecule has 1 unspecified atom stereocenters. The van der Waals surface area contributed by atoms with E-state index in [4.69, 9.17) is 37.4 Å². The van der Waals surface area contributed by atoms with Gasteiger partial charge < -0.3 is 23.9 Å². The summed E-state index contributed by atoms with van der Waals surface area (Å²) in [5.74, 6) is 1.05. The van der Waals surface area contributed by atoms with Gasteiger partial charge in [-0.2, -0.15) is 0 Å². The monoisotopic (exact) mass is 451 g/mol. The highest BCUT2D eigenvalue weighted by Crippen LogP contribution is 2.42. The van der Waals surface area contributed by atoms with E-state index in [1.807, 2.05) is 6.07 Å². The Morgan fingerprint density at radius 1 is 1.07 bits per heavy atom. The first-order valence-electron chi connectivity index (χ1n) is 9.37. The van der Waals surface area contributed by atoms with Crippen LogP contribution in [0.1, 0.15) is 28.8 Å². The second-order valence-electron chi connectivity index (χ2n) is 7.17. The van der Waals surface area contributed by atoms with Crippen molar-refractivity contribution in [3.8, 4) is 17.2 Å². The van der Waals surface area contributed by atoms with E-state index in [-0.39, 0.29) is 12.3 Å². The van der Waals surface area contributed by atoms with Crippen LogP contribution in [0.5, 0.6) is 17.2 Å². The molecule has 6 nitrogen and oxygen atoms in total. The standard InChI is InChI=1S/C22H23Cl2NO5/c1-28-18-10-14(11-19(29-2)20(18)30-3)21(27)25-8-6-22(13-25,7-9-26)15-4-5-16(23)17(24)12-15/h4-5,9-12H,6-8,13H2,1-3H3. The molecular formula is C22H23Cl2NO5. The van der Waals surface area contributed by atoms with Crippen molar-refractivity contribution in [2.24, 2.45) is 0 Å². The normalized spacial score (nSPS) is 18.2. The topological polar surface area (TPSA) is 65.1 Å². The van der Waals surface area contributed by atoms with Crippen LogP contribution >= 0.6 is 23.2 Å². The highest BCUT2D eigenvalue weighted by Gasteiger charge is 2.41. The van der Waals surface area contributed by atoms with Gasteiger partial charge in [-0.3, -0.25) is 4.79 Å². The van der Waals surface area contributed by atoms with E-state index in [9.17, 15) is 9.59 Å². The Bertz CT molecular complexity index is 940. The number of rotatable bonds is 7. The molecule has 0 aliphatic carbocycles. The Morgan fingerprint density at radius 2 is 1.73 bits per heavy atom. The van der Waals surface area contributed by atoms with Crippen molar-refractivity contribution in [3.63, 3.8) is 0 Å². The molecule has 2 aromatic carbocycles. The Balaban J connectivity index is 1.93. The van der Waals surface area contributed by atoms with Gasteiger partial charge in [0.2, 0.25) is 5.75 Å². The first-order valence-corrected chi connectivity index (χ1v) is 10.1. The summed E-state index contributed by atoms with van der Waals surface area (Å²) >= 11 is 12.3.